The molecule has 1 aliphatic rings. The van der Waals surface area contributed by atoms with Crippen LogP contribution in [0.1, 0.15) is 12.5 Å². The van der Waals surface area contributed by atoms with Gasteiger partial charge < -0.3 is 4.74 Å². The van der Waals surface area contributed by atoms with Gasteiger partial charge in [0.05, 0.1) is 12.3 Å². The molecular weight excluding hydrogens is 400 g/mol. The zero-order chi connectivity index (χ0) is 18.7. The fourth-order valence-electron chi connectivity index (χ4n) is 2.48. The Morgan fingerprint density at radius 2 is 1.69 bits per heavy atom. The maximum absolute atomic E-state index is 12.8. The number of barbiturate groups is 1. The molecule has 26 heavy (non-hydrogen) atoms. The third-order valence-corrected chi connectivity index (χ3v) is 4.22. The van der Waals surface area contributed by atoms with Crippen molar-refractivity contribution in [1.29, 1.82) is 0 Å². The van der Waals surface area contributed by atoms with E-state index in [1.165, 1.54) is 6.08 Å². The molecule has 1 saturated heterocycles. The minimum atomic E-state index is -0.780. The van der Waals surface area contributed by atoms with E-state index in [1.54, 1.807) is 48.5 Å². The van der Waals surface area contributed by atoms with Crippen LogP contribution in [-0.2, 0) is 9.59 Å². The van der Waals surface area contributed by atoms with Crippen molar-refractivity contribution in [3.8, 4) is 5.75 Å². The third-order valence-electron chi connectivity index (χ3n) is 3.69. The molecule has 0 bridgehead atoms. The van der Waals surface area contributed by atoms with Crippen LogP contribution in [0.3, 0.4) is 0 Å². The van der Waals surface area contributed by atoms with Crippen molar-refractivity contribution in [3.05, 3.63) is 64.1 Å². The molecule has 0 aromatic heterocycles. The second-order valence-electron chi connectivity index (χ2n) is 5.44. The summed E-state index contributed by atoms with van der Waals surface area (Å²) in [6.07, 6.45) is 1.46. The Balaban J connectivity index is 1.93. The number of urea groups is 1. The molecule has 1 fully saturated rings. The predicted molar refractivity (Wildman–Crippen MR) is 101 cm³/mol. The molecule has 0 atom stereocenters. The fraction of sp³-hybridized carbons (Fsp3) is 0.105. The summed E-state index contributed by atoms with van der Waals surface area (Å²) in [7, 11) is 0. The van der Waals surface area contributed by atoms with Crippen LogP contribution in [0.5, 0.6) is 5.75 Å². The maximum atomic E-state index is 12.8. The highest BCUT2D eigenvalue weighted by molar-refractivity contribution is 9.10. The van der Waals surface area contributed by atoms with Gasteiger partial charge in [0.15, 0.2) is 0 Å². The Hall–Kier alpha value is -2.93. The van der Waals surface area contributed by atoms with Gasteiger partial charge in [-0.2, -0.15) is 0 Å². The summed E-state index contributed by atoms with van der Waals surface area (Å²) < 4.78 is 6.24. The van der Waals surface area contributed by atoms with Crippen molar-refractivity contribution in [3.63, 3.8) is 0 Å². The minimum absolute atomic E-state index is 0.110. The number of ether oxygens (including phenoxy) is 1. The first-order valence-corrected chi connectivity index (χ1v) is 8.69. The standard InChI is InChI=1S/C19H15BrN2O4/c1-2-26-15-9-7-14(8-10-15)22-18(24)16(17(23)21-19(22)25)11-12-3-5-13(20)6-4-12/h3-11H,2H2,1H3,(H,21,23,25)/b16-11+. The highest BCUT2D eigenvalue weighted by Gasteiger charge is 2.36. The molecule has 132 valence electrons. The summed E-state index contributed by atoms with van der Waals surface area (Å²) in [6, 6.07) is 12.8. The Morgan fingerprint density at radius 3 is 2.31 bits per heavy atom. The summed E-state index contributed by atoms with van der Waals surface area (Å²) in [5.74, 6) is -0.765. The number of nitrogens with one attached hydrogen (secondary N) is 1. The van der Waals surface area contributed by atoms with Crippen LogP contribution < -0.4 is 15.0 Å². The molecule has 6 nitrogen and oxygen atoms in total. The third kappa shape index (κ3) is 3.67. The van der Waals surface area contributed by atoms with E-state index in [4.69, 9.17) is 4.74 Å². The van der Waals surface area contributed by atoms with Gasteiger partial charge in [0.25, 0.3) is 11.8 Å². The van der Waals surface area contributed by atoms with E-state index in [1.807, 2.05) is 6.92 Å². The van der Waals surface area contributed by atoms with E-state index < -0.39 is 17.8 Å². The molecule has 0 aliphatic carbocycles. The van der Waals surface area contributed by atoms with Gasteiger partial charge in [-0.1, -0.05) is 28.1 Å². The lowest BCUT2D eigenvalue weighted by atomic mass is 10.1. The highest BCUT2D eigenvalue weighted by atomic mass is 79.9. The van der Waals surface area contributed by atoms with Crippen molar-refractivity contribution in [1.82, 2.24) is 5.32 Å². The van der Waals surface area contributed by atoms with Crippen molar-refractivity contribution < 1.29 is 19.1 Å². The molecular formula is C19H15BrN2O4. The first-order valence-electron chi connectivity index (χ1n) is 7.89. The van der Waals surface area contributed by atoms with Crippen LogP contribution in [0.25, 0.3) is 6.08 Å². The number of carbonyl (C=O) groups is 3. The van der Waals surface area contributed by atoms with Gasteiger partial charge in [-0.05, 0) is 55.0 Å². The lowest BCUT2D eigenvalue weighted by Crippen LogP contribution is -2.54. The van der Waals surface area contributed by atoms with Gasteiger partial charge >= 0.3 is 6.03 Å². The molecule has 3 rings (SSSR count). The quantitative estimate of drug-likeness (QED) is 0.613. The number of benzene rings is 2. The van der Waals surface area contributed by atoms with E-state index in [0.29, 0.717) is 23.6 Å². The molecule has 2 aromatic rings. The lowest BCUT2D eigenvalue weighted by molar-refractivity contribution is -0.122. The van der Waals surface area contributed by atoms with Crippen LogP contribution in [0.15, 0.2) is 58.6 Å². The van der Waals surface area contributed by atoms with E-state index in [9.17, 15) is 14.4 Å². The van der Waals surface area contributed by atoms with Gasteiger partial charge in [0, 0.05) is 4.47 Å². The molecule has 0 spiro atoms. The Kier molecular flexibility index (Phi) is 5.18. The number of halogens is 1. The number of hydrogen-bond donors (Lipinski definition) is 1. The summed E-state index contributed by atoms with van der Waals surface area (Å²) in [4.78, 5) is 38.0. The molecule has 2 aromatic carbocycles. The molecule has 0 unspecified atom stereocenters. The minimum Gasteiger partial charge on any atom is -0.494 e. The summed E-state index contributed by atoms with van der Waals surface area (Å²) in [5.41, 5.74) is 0.915. The Bertz CT molecular complexity index is 889. The van der Waals surface area contributed by atoms with Gasteiger partial charge in [-0.25, -0.2) is 9.69 Å². The van der Waals surface area contributed by atoms with Crippen molar-refractivity contribution in [2.75, 3.05) is 11.5 Å². The highest BCUT2D eigenvalue weighted by Crippen LogP contribution is 2.24. The van der Waals surface area contributed by atoms with E-state index >= 15 is 0 Å². The fourth-order valence-corrected chi connectivity index (χ4v) is 2.74. The molecule has 4 amide bonds. The predicted octanol–water partition coefficient (Wildman–Crippen LogP) is 3.51. The van der Waals surface area contributed by atoms with Crippen molar-refractivity contribution in [2.45, 2.75) is 6.92 Å². The number of rotatable bonds is 4. The van der Waals surface area contributed by atoms with E-state index in [2.05, 4.69) is 21.2 Å². The smallest absolute Gasteiger partial charge is 0.335 e. The van der Waals surface area contributed by atoms with Crippen LogP contribution in [-0.4, -0.2) is 24.5 Å². The first kappa shape index (κ1) is 17.9. The van der Waals surface area contributed by atoms with Gasteiger partial charge in [0.2, 0.25) is 0 Å². The van der Waals surface area contributed by atoms with Gasteiger partial charge in [-0.15, -0.1) is 0 Å². The van der Waals surface area contributed by atoms with Gasteiger partial charge in [-0.3, -0.25) is 14.9 Å². The Morgan fingerprint density at radius 1 is 1.04 bits per heavy atom. The number of carbonyl (C=O) groups excluding carboxylic acids is 3. The van der Waals surface area contributed by atoms with E-state index in [-0.39, 0.29) is 5.57 Å². The second-order valence-corrected chi connectivity index (χ2v) is 6.35. The van der Waals surface area contributed by atoms with E-state index in [0.717, 1.165) is 9.37 Å². The molecule has 0 radical (unpaired) electrons. The zero-order valence-electron chi connectivity index (χ0n) is 13.9. The van der Waals surface area contributed by atoms with Crippen LogP contribution in [0.2, 0.25) is 0 Å². The second kappa shape index (κ2) is 7.53. The SMILES string of the molecule is CCOc1ccc(N2C(=O)NC(=O)/C(=C\c3ccc(Br)cc3)C2=O)cc1. The summed E-state index contributed by atoms with van der Waals surface area (Å²) in [6.45, 7) is 2.37. The maximum Gasteiger partial charge on any atom is 0.335 e. The average Bonchev–Trinajstić information content (AvgIpc) is 2.62. The number of nitrogens with zero attached hydrogens (tertiary/aromatic N) is 1. The first-order chi connectivity index (χ1) is 12.5. The number of amides is 4. The average molecular weight is 415 g/mol. The molecule has 1 aliphatic heterocycles. The van der Waals surface area contributed by atoms with Crippen LogP contribution in [0.4, 0.5) is 10.5 Å². The van der Waals surface area contributed by atoms with Crippen LogP contribution in [0, 0.1) is 0 Å². The molecule has 1 heterocycles. The van der Waals surface area contributed by atoms with Crippen molar-refractivity contribution in [2.24, 2.45) is 0 Å². The monoisotopic (exact) mass is 414 g/mol. The molecule has 7 heteroatoms. The number of hydrogen-bond acceptors (Lipinski definition) is 4. The Labute approximate surface area is 158 Å². The summed E-state index contributed by atoms with van der Waals surface area (Å²) >= 11 is 3.33. The number of imide groups is 2. The lowest BCUT2D eigenvalue weighted by Gasteiger charge is -2.26. The summed E-state index contributed by atoms with van der Waals surface area (Å²) in [5, 5.41) is 2.20. The number of anilines is 1. The van der Waals surface area contributed by atoms with Crippen LogP contribution >= 0.6 is 15.9 Å². The van der Waals surface area contributed by atoms with Crippen molar-refractivity contribution >= 4 is 45.5 Å². The largest absolute Gasteiger partial charge is 0.494 e. The molecule has 0 saturated carbocycles. The normalized spacial score (nSPS) is 16.0. The topological polar surface area (TPSA) is 75.7 Å². The van der Waals surface area contributed by atoms with Gasteiger partial charge in [0.1, 0.15) is 11.3 Å². The zero-order valence-corrected chi connectivity index (χ0v) is 15.4. The molecule has 1 N–H and O–H groups in total.